The van der Waals surface area contributed by atoms with Gasteiger partial charge in [0.1, 0.15) is 0 Å². The van der Waals surface area contributed by atoms with Gasteiger partial charge in [0.05, 0.1) is 17.6 Å². The van der Waals surface area contributed by atoms with Gasteiger partial charge in [0.15, 0.2) is 0 Å². The molecule has 1 aliphatic heterocycles. The highest BCUT2D eigenvalue weighted by atomic mass is 35.5. The van der Waals surface area contributed by atoms with Gasteiger partial charge in [-0.15, -0.1) is 0 Å². The van der Waals surface area contributed by atoms with Gasteiger partial charge in [0.2, 0.25) is 0 Å². The number of likely N-dealkylation sites (N-methyl/N-ethyl adjacent to an activating group) is 1. The van der Waals surface area contributed by atoms with Crippen LogP contribution in [0.25, 0.3) is 22.0 Å². The van der Waals surface area contributed by atoms with Crippen molar-refractivity contribution < 1.29 is 9.90 Å². The van der Waals surface area contributed by atoms with E-state index in [1.165, 1.54) is 11.2 Å². The fourth-order valence-corrected chi connectivity index (χ4v) is 4.51. The summed E-state index contributed by atoms with van der Waals surface area (Å²) >= 11 is 6.09. The first-order valence-corrected chi connectivity index (χ1v) is 9.53. The Balaban J connectivity index is 2.15. The maximum Gasteiger partial charge on any atom is 0.307 e. The van der Waals surface area contributed by atoms with Crippen molar-refractivity contribution in [2.45, 2.75) is 39.8 Å². The summed E-state index contributed by atoms with van der Waals surface area (Å²) in [5, 5.41) is 11.4. The third kappa shape index (κ3) is 2.71. The predicted octanol–water partition coefficient (Wildman–Crippen LogP) is 5.04. The highest BCUT2D eigenvalue weighted by molar-refractivity contribution is 6.30. The van der Waals surface area contributed by atoms with E-state index in [1.807, 2.05) is 31.2 Å². The molecule has 5 heteroatoms. The summed E-state index contributed by atoms with van der Waals surface area (Å²) in [6.45, 7) is 7.31. The predicted molar refractivity (Wildman–Crippen MR) is 111 cm³/mol. The standard InChI is InChI=1S/C22H23ClN2O2/c1-12-9-18-20(15-5-7-16(23)8-6-15)17(10-19(26)27)14(3)21-22(18)25(12)11-13(2)24(21)4/h5-9,13H,10-11H2,1-4H3,(H,26,27)/t13-/m0/s1. The average molecular weight is 383 g/mol. The Morgan fingerprint density at radius 1 is 1.26 bits per heavy atom. The molecule has 0 aliphatic carbocycles. The second-order valence-corrected chi connectivity index (χ2v) is 7.96. The number of aliphatic carboxylic acids is 1. The molecule has 0 radical (unpaired) electrons. The van der Waals surface area contributed by atoms with E-state index in [0.717, 1.165) is 39.9 Å². The van der Waals surface area contributed by atoms with Crippen LogP contribution >= 0.6 is 11.6 Å². The topological polar surface area (TPSA) is 45.5 Å². The summed E-state index contributed by atoms with van der Waals surface area (Å²) in [5.41, 5.74) is 7.48. The molecule has 1 atom stereocenters. The smallest absolute Gasteiger partial charge is 0.307 e. The van der Waals surface area contributed by atoms with E-state index in [-0.39, 0.29) is 6.42 Å². The van der Waals surface area contributed by atoms with E-state index in [4.69, 9.17) is 11.6 Å². The minimum absolute atomic E-state index is 0.000812. The molecule has 2 heterocycles. The second kappa shape index (κ2) is 6.31. The third-order valence-electron chi connectivity index (χ3n) is 5.83. The summed E-state index contributed by atoms with van der Waals surface area (Å²) < 4.78 is 2.37. The molecule has 1 N–H and O–H groups in total. The summed E-state index contributed by atoms with van der Waals surface area (Å²) in [5.74, 6) is -0.817. The lowest BCUT2D eigenvalue weighted by molar-refractivity contribution is -0.136. The van der Waals surface area contributed by atoms with Crippen LogP contribution in [0.3, 0.4) is 0 Å². The zero-order chi connectivity index (χ0) is 19.5. The summed E-state index contributed by atoms with van der Waals surface area (Å²) in [6.07, 6.45) is -0.000812. The Labute approximate surface area is 164 Å². The summed E-state index contributed by atoms with van der Waals surface area (Å²) in [4.78, 5) is 14.0. The lowest BCUT2D eigenvalue weighted by atomic mass is 9.88. The number of carboxylic acids is 1. The normalized spacial score (nSPS) is 16.2. The minimum atomic E-state index is -0.817. The van der Waals surface area contributed by atoms with Crippen LogP contribution in [0.15, 0.2) is 30.3 Å². The minimum Gasteiger partial charge on any atom is -0.481 e. The number of nitrogens with zero attached hydrogens (tertiary/aromatic N) is 2. The lowest BCUT2D eigenvalue weighted by Gasteiger charge is -2.36. The first-order valence-electron chi connectivity index (χ1n) is 9.15. The van der Waals surface area contributed by atoms with Crippen molar-refractivity contribution in [2.24, 2.45) is 0 Å². The zero-order valence-corrected chi connectivity index (χ0v) is 16.8. The maximum absolute atomic E-state index is 11.7. The van der Waals surface area contributed by atoms with Crippen LogP contribution in [-0.4, -0.2) is 28.7 Å². The first kappa shape index (κ1) is 17.9. The molecule has 4 rings (SSSR count). The van der Waals surface area contributed by atoms with Gasteiger partial charge >= 0.3 is 5.97 Å². The molecular formula is C22H23ClN2O2. The van der Waals surface area contributed by atoms with Crippen LogP contribution in [0.2, 0.25) is 5.02 Å². The van der Waals surface area contributed by atoms with Gasteiger partial charge in [-0.05, 0) is 61.2 Å². The molecule has 3 aromatic rings. The third-order valence-corrected chi connectivity index (χ3v) is 6.08. The Bertz CT molecular complexity index is 1070. The van der Waals surface area contributed by atoms with Crippen molar-refractivity contribution in [2.75, 3.05) is 11.9 Å². The summed E-state index contributed by atoms with van der Waals surface area (Å²) in [6, 6.07) is 10.2. The lowest BCUT2D eigenvalue weighted by Crippen LogP contribution is -2.37. The van der Waals surface area contributed by atoms with E-state index in [0.29, 0.717) is 11.1 Å². The molecule has 27 heavy (non-hydrogen) atoms. The molecule has 0 saturated heterocycles. The fraction of sp³-hybridized carbons (Fsp3) is 0.318. The van der Waals surface area contributed by atoms with Crippen LogP contribution in [0, 0.1) is 13.8 Å². The van der Waals surface area contributed by atoms with E-state index >= 15 is 0 Å². The van der Waals surface area contributed by atoms with E-state index in [2.05, 4.69) is 36.4 Å². The molecule has 0 unspecified atom stereocenters. The molecule has 0 saturated carbocycles. The molecule has 2 aromatic carbocycles. The quantitative estimate of drug-likeness (QED) is 0.689. The van der Waals surface area contributed by atoms with Gasteiger partial charge in [-0.25, -0.2) is 0 Å². The van der Waals surface area contributed by atoms with Crippen LogP contribution in [0.4, 0.5) is 5.69 Å². The molecule has 1 aliphatic rings. The number of rotatable bonds is 3. The molecule has 4 nitrogen and oxygen atoms in total. The van der Waals surface area contributed by atoms with Crippen molar-refractivity contribution in [1.82, 2.24) is 4.57 Å². The maximum atomic E-state index is 11.7. The van der Waals surface area contributed by atoms with Gasteiger partial charge in [0, 0.05) is 35.7 Å². The van der Waals surface area contributed by atoms with Gasteiger partial charge in [0.25, 0.3) is 0 Å². The molecule has 0 amide bonds. The van der Waals surface area contributed by atoms with E-state index < -0.39 is 5.97 Å². The Morgan fingerprint density at radius 3 is 2.56 bits per heavy atom. The van der Waals surface area contributed by atoms with Crippen molar-refractivity contribution in [3.63, 3.8) is 0 Å². The number of aryl methyl sites for hydroxylation is 1. The number of carboxylic acid groups (broad SMARTS) is 1. The van der Waals surface area contributed by atoms with Crippen molar-refractivity contribution in [1.29, 1.82) is 0 Å². The van der Waals surface area contributed by atoms with E-state index in [9.17, 15) is 9.90 Å². The van der Waals surface area contributed by atoms with E-state index in [1.54, 1.807) is 0 Å². The molecule has 1 aromatic heterocycles. The van der Waals surface area contributed by atoms with Crippen molar-refractivity contribution in [3.8, 4) is 11.1 Å². The Hall–Kier alpha value is -2.46. The number of benzene rings is 2. The zero-order valence-electron chi connectivity index (χ0n) is 16.0. The number of aromatic nitrogens is 1. The van der Waals surface area contributed by atoms with Crippen molar-refractivity contribution >= 4 is 34.2 Å². The van der Waals surface area contributed by atoms with Crippen molar-refractivity contribution in [3.05, 3.63) is 52.2 Å². The Morgan fingerprint density at radius 2 is 1.93 bits per heavy atom. The number of anilines is 1. The Kier molecular flexibility index (Phi) is 4.19. The molecule has 0 spiro atoms. The molecule has 140 valence electrons. The van der Waals surface area contributed by atoms with Crippen LogP contribution in [0.5, 0.6) is 0 Å². The number of carbonyl (C=O) groups is 1. The van der Waals surface area contributed by atoms with Gasteiger partial charge in [-0.3, -0.25) is 4.79 Å². The first-order chi connectivity index (χ1) is 12.8. The second-order valence-electron chi connectivity index (χ2n) is 7.52. The van der Waals surface area contributed by atoms with Gasteiger partial charge < -0.3 is 14.6 Å². The fourth-order valence-electron chi connectivity index (χ4n) is 4.39. The highest BCUT2D eigenvalue weighted by Crippen LogP contribution is 2.45. The molecule has 0 fully saturated rings. The average Bonchev–Trinajstić information content (AvgIpc) is 2.92. The van der Waals surface area contributed by atoms with Gasteiger partial charge in [-0.1, -0.05) is 23.7 Å². The van der Waals surface area contributed by atoms with Crippen LogP contribution in [0.1, 0.15) is 23.7 Å². The SMILES string of the molecule is Cc1c(CC(=O)O)c(-c2ccc(Cl)cc2)c2cc(C)n3c2c1N(C)[C@@H](C)C3. The van der Waals surface area contributed by atoms with Crippen LogP contribution in [-0.2, 0) is 17.8 Å². The van der Waals surface area contributed by atoms with Crippen LogP contribution < -0.4 is 4.90 Å². The number of halogens is 1. The molecule has 0 bridgehead atoms. The monoisotopic (exact) mass is 382 g/mol. The highest BCUT2D eigenvalue weighted by Gasteiger charge is 2.30. The largest absolute Gasteiger partial charge is 0.481 e. The number of hydrogen-bond donors (Lipinski definition) is 1. The molecular weight excluding hydrogens is 360 g/mol. The summed E-state index contributed by atoms with van der Waals surface area (Å²) in [7, 11) is 2.10. The van der Waals surface area contributed by atoms with Gasteiger partial charge in [-0.2, -0.15) is 0 Å². The number of hydrogen-bond acceptors (Lipinski definition) is 2.